The van der Waals surface area contributed by atoms with Crippen LogP contribution in [0, 0.1) is 0 Å². The van der Waals surface area contributed by atoms with Gasteiger partial charge in [-0.2, -0.15) is 0 Å². The fraction of sp³-hybridized carbons (Fsp3) is 0.321. The molecular weight excluding hydrogens is 474 g/mol. The zero-order valence-electron chi connectivity index (χ0n) is 20.3. The Morgan fingerprint density at radius 2 is 1.86 bits per heavy atom. The van der Waals surface area contributed by atoms with Crippen molar-refractivity contribution in [2.45, 2.75) is 38.8 Å². The summed E-state index contributed by atoms with van der Waals surface area (Å²) in [6.07, 6.45) is 6.91. The van der Waals surface area contributed by atoms with Crippen LogP contribution in [0.4, 0.5) is 4.79 Å². The number of para-hydroxylation sites is 2. The molecule has 7 nitrogen and oxygen atoms in total. The number of carbonyl (C=O) groups is 3. The van der Waals surface area contributed by atoms with Crippen LogP contribution >= 0.6 is 11.8 Å². The van der Waals surface area contributed by atoms with E-state index in [1.165, 1.54) is 4.90 Å². The second-order valence-electron chi connectivity index (χ2n) is 9.16. The molecule has 3 heterocycles. The Morgan fingerprint density at radius 3 is 2.67 bits per heavy atom. The molecule has 36 heavy (non-hydrogen) atoms. The third kappa shape index (κ3) is 5.04. The Morgan fingerprint density at radius 1 is 1.08 bits per heavy atom. The molecule has 2 fully saturated rings. The van der Waals surface area contributed by atoms with E-state index in [9.17, 15) is 14.4 Å². The molecule has 3 aromatic rings. The van der Waals surface area contributed by atoms with Crippen molar-refractivity contribution in [2.24, 2.45) is 0 Å². The van der Waals surface area contributed by atoms with Gasteiger partial charge in [0, 0.05) is 35.2 Å². The standard InChI is InChI=1S/C28H29N3O4S/c1-20-9-7-8-14-30(20)26(32)19-29-18-21(23-12-5-6-13-24(23)29)17-25-27(33)31(28(34)36-25)15-16-35-22-10-3-2-4-11-22/h2-6,10-13,17-18,20H,7-9,14-16,19H2,1H3/b25-17-/t20-/m1/s1. The lowest BCUT2D eigenvalue weighted by atomic mass is 10.0. The maximum absolute atomic E-state index is 13.1. The average Bonchev–Trinajstić information content (AvgIpc) is 3.36. The Bertz CT molecular complexity index is 1320. The number of hydrogen-bond acceptors (Lipinski definition) is 5. The van der Waals surface area contributed by atoms with Crippen molar-refractivity contribution in [3.8, 4) is 5.75 Å². The highest BCUT2D eigenvalue weighted by Crippen LogP contribution is 2.34. The second-order valence-corrected chi connectivity index (χ2v) is 10.1. The predicted octanol–water partition coefficient (Wildman–Crippen LogP) is 5.16. The van der Waals surface area contributed by atoms with Crippen LogP contribution in [0.25, 0.3) is 17.0 Å². The number of thioether (sulfide) groups is 1. The molecule has 0 spiro atoms. The summed E-state index contributed by atoms with van der Waals surface area (Å²) < 4.78 is 7.61. The first-order chi connectivity index (χ1) is 17.5. The van der Waals surface area contributed by atoms with Gasteiger partial charge in [-0.1, -0.05) is 36.4 Å². The SMILES string of the molecule is C[C@@H]1CCCCN1C(=O)Cn1cc(/C=C2\SC(=O)N(CCOc3ccccc3)C2=O)c2ccccc21. The molecule has 0 aliphatic carbocycles. The minimum Gasteiger partial charge on any atom is -0.492 e. The molecule has 1 aromatic heterocycles. The van der Waals surface area contributed by atoms with Gasteiger partial charge in [0.1, 0.15) is 18.9 Å². The van der Waals surface area contributed by atoms with E-state index in [1.807, 2.05) is 70.3 Å². The van der Waals surface area contributed by atoms with Crippen molar-refractivity contribution in [1.82, 2.24) is 14.4 Å². The molecular formula is C28H29N3O4S. The molecule has 0 saturated carbocycles. The van der Waals surface area contributed by atoms with E-state index in [0.29, 0.717) is 10.7 Å². The molecule has 2 aromatic carbocycles. The smallest absolute Gasteiger partial charge is 0.293 e. The molecule has 0 N–H and O–H groups in total. The number of likely N-dealkylation sites (tertiary alicyclic amines) is 1. The summed E-state index contributed by atoms with van der Waals surface area (Å²) in [6.45, 7) is 3.56. The highest BCUT2D eigenvalue weighted by atomic mass is 32.2. The van der Waals surface area contributed by atoms with Crippen molar-refractivity contribution in [2.75, 3.05) is 19.7 Å². The van der Waals surface area contributed by atoms with E-state index >= 15 is 0 Å². The summed E-state index contributed by atoms with van der Waals surface area (Å²) in [5.41, 5.74) is 1.74. The van der Waals surface area contributed by atoms with Gasteiger partial charge in [-0.3, -0.25) is 19.3 Å². The van der Waals surface area contributed by atoms with Crippen molar-refractivity contribution >= 4 is 45.8 Å². The molecule has 5 rings (SSSR count). The first kappa shape index (κ1) is 24.2. The predicted molar refractivity (Wildman–Crippen MR) is 142 cm³/mol. The summed E-state index contributed by atoms with van der Waals surface area (Å²) in [4.78, 5) is 42.2. The highest BCUT2D eigenvalue weighted by molar-refractivity contribution is 8.18. The van der Waals surface area contributed by atoms with Crippen molar-refractivity contribution in [3.05, 3.63) is 71.3 Å². The number of imide groups is 1. The number of ether oxygens (including phenoxy) is 1. The van der Waals surface area contributed by atoms with E-state index in [-0.39, 0.29) is 42.8 Å². The molecule has 2 aliphatic heterocycles. The fourth-order valence-corrected chi connectivity index (χ4v) is 5.69. The molecule has 1 atom stereocenters. The van der Waals surface area contributed by atoms with E-state index in [0.717, 1.165) is 54.0 Å². The lowest BCUT2D eigenvalue weighted by Gasteiger charge is -2.33. The van der Waals surface area contributed by atoms with Gasteiger partial charge in [0.2, 0.25) is 5.91 Å². The number of aromatic nitrogens is 1. The molecule has 186 valence electrons. The summed E-state index contributed by atoms with van der Waals surface area (Å²) >= 11 is 0.936. The van der Waals surface area contributed by atoms with Gasteiger partial charge < -0.3 is 14.2 Å². The maximum atomic E-state index is 13.1. The zero-order chi connectivity index (χ0) is 25.1. The highest BCUT2D eigenvalue weighted by Gasteiger charge is 2.35. The number of hydrogen-bond donors (Lipinski definition) is 0. The van der Waals surface area contributed by atoms with Crippen LogP contribution in [0.2, 0.25) is 0 Å². The topological polar surface area (TPSA) is 71.8 Å². The lowest BCUT2D eigenvalue weighted by Crippen LogP contribution is -2.43. The first-order valence-corrected chi connectivity index (χ1v) is 13.1. The van der Waals surface area contributed by atoms with Crippen LogP contribution in [0.5, 0.6) is 5.75 Å². The fourth-order valence-electron chi connectivity index (χ4n) is 4.83. The molecule has 3 amide bonds. The van der Waals surface area contributed by atoms with Gasteiger partial charge >= 0.3 is 0 Å². The number of fused-ring (bicyclic) bond motifs is 1. The zero-order valence-corrected chi connectivity index (χ0v) is 21.1. The quantitative estimate of drug-likeness (QED) is 0.417. The van der Waals surface area contributed by atoms with Crippen LogP contribution in [0.15, 0.2) is 65.7 Å². The summed E-state index contributed by atoms with van der Waals surface area (Å²) in [6, 6.07) is 17.4. The van der Waals surface area contributed by atoms with Crippen molar-refractivity contribution < 1.29 is 19.1 Å². The number of benzene rings is 2. The van der Waals surface area contributed by atoms with Gasteiger partial charge in [0.15, 0.2) is 0 Å². The largest absolute Gasteiger partial charge is 0.492 e. The third-order valence-corrected chi connectivity index (χ3v) is 7.64. The van der Waals surface area contributed by atoms with E-state index in [2.05, 4.69) is 6.92 Å². The summed E-state index contributed by atoms with van der Waals surface area (Å²) in [5, 5.41) is 0.636. The van der Waals surface area contributed by atoms with Crippen molar-refractivity contribution in [3.63, 3.8) is 0 Å². The van der Waals surface area contributed by atoms with Crippen LogP contribution in [0.3, 0.4) is 0 Å². The number of amides is 3. The van der Waals surface area contributed by atoms with E-state index in [1.54, 1.807) is 6.08 Å². The summed E-state index contributed by atoms with van der Waals surface area (Å²) in [7, 11) is 0. The Balaban J connectivity index is 1.33. The van der Waals surface area contributed by atoms with Gasteiger partial charge in [-0.05, 0) is 62.2 Å². The molecule has 0 radical (unpaired) electrons. The lowest BCUT2D eigenvalue weighted by molar-refractivity contribution is -0.135. The number of rotatable bonds is 7. The van der Waals surface area contributed by atoms with Gasteiger partial charge in [-0.25, -0.2) is 0 Å². The van der Waals surface area contributed by atoms with Crippen molar-refractivity contribution in [1.29, 1.82) is 0 Å². The average molecular weight is 504 g/mol. The van der Waals surface area contributed by atoms with Crippen LogP contribution in [0.1, 0.15) is 31.7 Å². The maximum Gasteiger partial charge on any atom is 0.293 e. The van der Waals surface area contributed by atoms with Gasteiger partial charge in [0.25, 0.3) is 11.1 Å². The minimum atomic E-state index is -0.322. The minimum absolute atomic E-state index is 0.105. The number of piperidine rings is 1. The molecule has 2 aliphatic rings. The van der Waals surface area contributed by atoms with Crippen LogP contribution in [-0.2, 0) is 16.1 Å². The van der Waals surface area contributed by atoms with Crippen LogP contribution in [-0.4, -0.2) is 57.2 Å². The second kappa shape index (κ2) is 10.6. The Labute approximate surface area is 214 Å². The monoisotopic (exact) mass is 503 g/mol. The summed E-state index contributed by atoms with van der Waals surface area (Å²) in [5.74, 6) is 0.478. The Kier molecular flexibility index (Phi) is 7.13. The Hall–Kier alpha value is -3.52. The van der Waals surface area contributed by atoms with E-state index < -0.39 is 0 Å². The van der Waals surface area contributed by atoms with Gasteiger partial charge in [0.05, 0.1) is 11.4 Å². The third-order valence-electron chi connectivity index (χ3n) is 6.74. The van der Waals surface area contributed by atoms with Gasteiger partial charge in [-0.15, -0.1) is 0 Å². The first-order valence-electron chi connectivity index (χ1n) is 12.3. The molecule has 2 saturated heterocycles. The number of carbonyl (C=O) groups excluding carboxylic acids is 3. The van der Waals surface area contributed by atoms with E-state index in [4.69, 9.17) is 4.74 Å². The molecule has 0 bridgehead atoms. The molecule has 8 heteroatoms. The number of nitrogens with zero attached hydrogens (tertiary/aromatic N) is 3. The molecule has 0 unspecified atom stereocenters. The normalized spacial score (nSPS) is 19.5. The van der Waals surface area contributed by atoms with Crippen LogP contribution < -0.4 is 4.74 Å².